The summed E-state index contributed by atoms with van der Waals surface area (Å²) in [5.41, 5.74) is -2.64. The van der Waals surface area contributed by atoms with Crippen molar-refractivity contribution in [2.45, 2.75) is 44.8 Å². The average Bonchev–Trinajstić information content (AvgIpc) is 3.40. The van der Waals surface area contributed by atoms with Gasteiger partial charge in [0, 0.05) is 40.7 Å². The SMILES string of the molecule is CC(=O)O[C@@]12C(=O)C(c3ccccc3)=C(C(=O)c3ccccc3)[C@@]13N[S@@](=O)C[C@]31CC[C@H]2C1(C)C. The fraction of sp³-hybridized carbons (Fsp3) is 0.393. The van der Waals surface area contributed by atoms with E-state index in [9.17, 15) is 18.6 Å². The van der Waals surface area contributed by atoms with E-state index in [0.717, 1.165) is 0 Å². The van der Waals surface area contributed by atoms with E-state index in [1.165, 1.54) is 6.92 Å². The smallest absolute Gasteiger partial charge is 0.303 e. The van der Waals surface area contributed by atoms with E-state index in [-0.39, 0.29) is 28.6 Å². The van der Waals surface area contributed by atoms with Gasteiger partial charge in [0.05, 0.1) is 11.0 Å². The van der Waals surface area contributed by atoms with E-state index in [4.69, 9.17) is 4.74 Å². The van der Waals surface area contributed by atoms with Crippen LogP contribution in [0, 0.1) is 16.7 Å². The van der Waals surface area contributed by atoms with Crippen molar-refractivity contribution >= 4 is 34.1 Å². The number of fused-ring (bicyclic) bond motifs is 2. The summed E-state index contributed by atoms with van der Waals surface area (Å²) >= 11 is 0. The number of carbonyl (C=O) groups is 3. The number of ketones is 2. The number of nitrogens with one attached hydrogen (secondary N) is 1. The molecule has 2 spiro atoms. The predicted octanol–water partition coefficient (Wildman–Crippen LogP) is 3.65. The number of hydrogen-bond donors (Lipinski definition) is 1. The van der Waals surface area contributed by atoms with E-state index in [0.29, 0.717) is 29.7 Å². The third kappa shape index (κ3) is 2.38. The van der Waals surface area contributed by atoms with Gasteiger partial charge in [-0.05, 0) is 23.8 Å². The zero-order chi connectivity index (χ0) is 24.8. The minimum Gasteiger partial charge on any atom is -0.448 e. The fourth-order valence-electron chi connectivity index (χ4n) is 7.99. The third-order valence-corrected chi connectivity index (χ3v) is 10.5. The largest absolute Gasteiger partial charge is 0.448 e. The van der Waals surface area contributed by atoms with Gasteiger partial charge in [-0.3, -0.25) is 14.4 Å². The van der Waals surface area contributed by atoms with Crippen LogP contribution in [0.5, 0.6) is 0 Å². The molecule has 0 unspecified atom stereocenters. The highest BCUT2D eigenvalue weighted by Gasteiger charge is 2.91. The molecule has 1 aliphatic heterocycles. The maximum atomic E-state index is 14.7. The number of hydrogen-bond acceptors (Lipinski definition) is 5. The third-order valence-electron chi connectivity index (χ3n) is 9.19. The zero-order valence-corrected chi connectivity index (χ0v) is 20.7. The van der Waals surface area contributed by atoms with Gasteiger partial charge in [0.2, 0.25) is 11.4 Å². The highest BCUT2D eigenvalue weighted by molar-refractivity contribution is 7.83. The Labute approximate surface area is 206 Å². The Balaban J connectivity index is 1.76. The Morgan fingerprint density at radius 1 is 1.03 bits per heavy atom. The van der Waals surface area contributed by atoms with Crippen LogP contribution in [0.1, 0.15) is 49.5 Å². The number of ether oxygens (including phenoxy) is 1. The van der Waals surface area contributed by atoms with E-state index in [2.05, 4.69) is 18.6 Å². The minimum atomic E-state index is -1.64. The molecule has 2 saturated carbocycles. The number of benzene rings is 2. The first-order valence-corrected chi connectivity index (χ1v) is 13.3. The molecule has 1 N–H and O–H groups in total. The van der Waals surface area contributed by atoms with E-state index < -0.39 is 38.9 Å². The van der Waals surface area contributed by atoms with Crippen LogP contribution in [-0.2, 0) is 25.3 Å². The molecule has 4 aliphatic rings. The zero-order valence-electron chi connectivity index (χ0n) is 19.9. The van der Waals surface area contributed by atoms with Gasteiger partial charge in [-0.25, -0.2) is 8.93 Å². The molecular formula is C28H27NO5S. The molecule has 2 aromatic rings. The van der Waals surface area contributed by atoms with Gasteiger partial charge in [-0.1, -0.05) is 74.5 Å². The molecular weight excluding hydrogens is 462 g/mol. The Morgan fingerprint density at radius 2 is 1.66 bits per heavy atom. The van der Waals surface area contributed by atoms with Gasteiger partial charge >= 0.3 is 5.97 Å². The second kappa shape index (κ2) is 7.08. The summed E-state index contributed by atoms with van der Waals surface area (Å²) in [4.78, 5) is 41.7. The molecule has 2 aromatic carbocycles. The molecule has 3 fully saturated rings. The van der Waals surface area contributed by atoms with Gasteiger partial charge in [0.25, 0.3) is 0 Å². The lowest BCUT2D eigenvalue weighted by molar-refractivity contribution is -0.177. The first kappa shape index (κ1) is 22.6. The van der Waals surface area contributed by atoms with Crippen LogP contribution >= 0.6 is 0 Å². The number of Topliss-reactive ketones (excluding diaryl/α,β-unsaturated/α-hetero) is 2. The molecule has 0 amide bonds. The van der Waals surface area contributed by atoms with Crippen LogP contribution in [0.15, 0.2) is 66.2 Å². The first-order chi connectivity index (χ1) is 16.6. The van der Waals surface area contributed by atoms with Crippen molar-refractivity contribution in [3.63, 3.8) is 0 Å². The molecule has 6 nitrogen and oxygen atoms in total. The maximum absolute atomic E-state index is 14.7. The predicted molar refractivity (Wildman–Crippen MR) is 131 cm³/mol. The van der Waals surface area contributed by atoms with Gasteiger partial charge in [-0.2, -0.15) is 0 Å². The Kier molecular flexibility index (Phi) is 4.56. The van der Waals surface area contributed by atoms with E-state index in [1.807, 2.05) is 24.3 Å². The molecule has 0 radical (unpaired) electrons. The van der Waals surface area contributed by atoms with Crippen LogP contribution in [0.2, 0.25) is 0 Å². The quantitative estimate of drug-likeness (QED) is 0.523. The molecule has 7 heteroatoms. The van der Waals surface area contributed by atoms with Crippen LogP contribution in [-0.4, -0.2) is 38.6 Å². The Hall–Kier alpha value is -2.90. The van der Waals surface area contributed by atoms with Crippen LogP contribution in [0.25, 0.3) is 5.57 Å². The van der Waals surface area contributed by atoms with Gasteiger partial charge < -0.3 is 4.74 Å². The maximum Gasteiger partial charge on any atom is 0.303 e. The summed E-state index contributed by atoms with van der Waals surface area (Å²) in [6.45, 7) is 5.44. The lowest BCUT2D eigenvalue weighted by Crippen LogP contribution is -2.69. The van der Waals surface area contributed by atoms with E-state index in [1.54, 1.807) is 36.4 Å². The summed E-state index contributed by atoms with van der Waals surface area (Å²) in [5, 5.41) is 0. The van der Waals surface area contributed by atoms with Crippen molar-refractivity contribution in [3.05, 3.63) is 77.4 Å². The highest BCUT2D eigenvalue weighted by atomic mass is 32.2. The Bertz CT molecular complexity index is 1350. The highest BCUT2D eigenvalue weighted by Crippen LogP contribution is 2.80. The number of carbonyl (C=O) groups excluding carboxylic acids is 3. The topological polar surface area (TPSA) is 89.5 Å². The summed E-state index contributed by atoms with van der Waals surface area (Å²) in [6.07, 6.45) is 1.34. The molecule has 35 heavy (non-hydrogen) atoms. The summed E-state index contributed by atoms with van der Waals surface area (Å²) in [5.74, 6) is -1.29. The lowest BCUT2D eigenvalue weighted by Gasteiger charge is -2.49. The molecule has 5 atom stereocenters. The van der Waals surface area contributed by atoms with Gasteiger partial charge in [0.15, 0.2) is 5.78 Å². The molecule has 2 bridgehead atoms. The molecule has 0 aromatic heterocycles. The van der Waals surface area contributed by atoms with Crippen molar-refractivity contribution < 1.29 is 23.3 Å². The van der Waals surface area contributed by atoms with Crippen LogP contribution in [0.4, 0.5) is 0 Å². The monoisotopic (exact) mass is 489 g/mol. The molecule has 6 rings (SSSR count). The van der Waals surface area contributed by atoms with Crippen molar-refractivity contribution in [2.24, 2.45) is 16.7 Å². The normalized spacial score (nSPS) is 36.3. The van der Waals surface area contributed by atoms with Crippen LogP contribution in [0.3, 0.4) is 0 Å². The van der Waals surface area contributed by atoms with E-state index >= 15 is 0 Å². The second-order valence-electron chi connectivity index (χ2n) is 10.7. The molecule has 1 heterocycles. The Morgan fingerprint density at radius 3 is 2.29 bits per heavy atom. The van der Waals surface area contributed by atoms with Crippen molar-refractivity contribution in [3.8, 4) is 0 Å². The summed E-state index contributed by atoms with van der Waals surface area (Å²) < 4.78 is 22.7. The van der Waals surface area contributed by atoms with Crippen molar-refractivity contribution in [2.75, 3.05) is 5.75 Å². The number of esters is 1. The number of rotatable bonds is 4. The average molecular weight is 490 g/mol. The van der Waals surface area contributed by atoms with Crippen molar-refractivity contribution in [1.82, 2.24) is 4.72 Å². The lowest BCUT2D eigenvalue weighted by atomic mass is 9.58. The van der Waals surface area contributed by atoms with Crippen molar-refractivity contribution in [1.29, 1.82) is 0 Å². The van der Waals surface area contributed by atoms with Gasteiger partial charge in [-0.15, -0.1) is 0 Å². The standard InChI is InChI=1S/C28H27NO5S/c1-17(30)34-27-20-14-15-26(25(20,2)3)16-35(33)29-28(26,27)22(23(31)19-12-8-5-9-13-19)21(24(27)32)18-10-6-4-7-11-18/h4-13,20,29H,14-16H2,1-3H3/t20-,26-,27-,28-,35-/m0/s1. The van der Waals surface area contributed by atoms with Crippen LogP contribution < -0.4 is 4.72 Å². The van der Waals surface area contributed by atoms with Gasteiger partial charge in [0.1, 0.15) is 5.54 Å². The molecule has 1 saturated heterocycles. The molecule has 3 aliphatic carbocycles. The summed E-state index contributed by atoms with van der Waals surface area (Å²) in [7, 11) is -1.51. The molecule has 180 valence electrons. The second-order valence-corrected chi connectivity index (χ2v) is 11.9. The first-order valence-electron chi connectivity index (χ1n) is 11.9. The fourth-order valence-corrected chi connectivity index (χ4v) is 10.0. The summed E-state index contributed by atoms with van der Waals surface area (Å²) in [6, 6.07) is 17.9. The minimum absolute atomic E-state index is 0.263.